The fraction of sp³-hybridized carbons (Fsp3) is 0.650. The number of esters is 2. The molecule has 2 atom stereocenters. The van der Waals surface area contributed by atoms with Crippen LogP contribution in [0.4, 0.5) is 22.0 Å². The van der Waals surface area contributed by atoms with Crippen LogP contribution in [0.15, 0.2) is 42.5 Å². The summed E-state index contributed by atoms with van der Waals surface area (Å²) in [5.41, 5.74) is 0.0434. The lowest BCUT2D eigenvalue weighted by molar-refractivity contribution is -0.284. The molecule has 0 N–H and O–H groups in total. The molecule has 9 nitrogen and oxygen atoms in total. The minimum atomic E-state index is -5.56. The van der Waals surface area contributed by atoms with Crippen LogP contribution in [0.1, 0.15) is 95.6 Å². The van der Waals surface area contributed by atoms with E-state index < -0.39 is 41.3 Å². The Bertz CT molecular complexity index is 1460. The molecule has 2 aromatic carbocycles. The second-order valence-corrected chi connectivity index (χ2v) is 15.0. The van der Waals surface area contributed by atoms with E-state index in [0.717, 1.165) is 11.1 Å². The van der Waals surface area contributed by atoms with Crippen LogP contribution < -0.4 is 14.2 Å². The van der Waals surface area contributed by atoms with E-state index in [9.17, 15) is 31.5 Å². The molecule has 0 bridgehead atoms. The van der Waals surface area contributed by atoms with Gasteiger partial charge in [-0.25, -0.2) is 0 Å². The number of carbonyl (C=O) groups is 2. The molecule has 2 aromatic rings. The topological polar surface area (TPSA) is 98.8 Å². The molecule has 0 spiro atoms. The van der Waals surface area contributed by atoms with Crippen LogP contribution in [-0.2, 0) is 34.0 Å². The standard InChI is InChI=1S/C40H55F5O9S/c1-6-50-35(46)38(36(47)51-7-2,21-10-11-23-55-24-12-22-39(41,42)40(43,44)45)20-9-8-13-33-32-19-18-31(54-28-49-5)25-34(32)52-26-37(33,3)29-14-16-30(17-15-29)53-27-48-4/h14-19,25,33H,6-13,20-24,26-28H2,1-5H3. The van der Waals surface area contributed by atoms with Crippen molar-refractivity contribution in [3.8, 4) is 17.2 Å². The van der Waals surface area contributed by atoms with Crippen LogP contribution in [0.5, 0.6) is 17.2 Å². The number of unbranched alkanes of at least 4 members (excludes halogenated alkanes) is 2. The third-order valence-electron chi connectivity index (χ3n) is 9.87. The lowest BCUT2D eigenvalue weighted by Gasteiger charge is -2.43. The first kappa shape index (κ1) is 46.1. The molecular formula is C40H55F5O9S. The normalized spacial score (nSPS) is 17.2. The highest BCUT2D eigenvalue weighted by Crippen LogP contribution is 2.50. The van der Waals surface area contributed by atoms with Gasteiger partial charge in [-0.1, -0.05) is 44.4 Å². The zero-order valence-electron chi connectivity index (χ0n) is 32.4. The van der Waals surface area contributed by atoms with E-state index in [1.807, 2.05) is 42.5 Å². The summed E-state index contributed by atoms with van der Waals surface area (Å²) in [7, 11) is 3.10. The zero-order valence-corrected chi connectivity index (χ0v) is 33.2. The third-order valence-corrected chi connectivity index (χ3v) is 11.0. The number of fused-ring (bicyclic) bond motifs is 1. The second-order valence-electron chi connectivity index (χ2n) is 13.7. The van der Waals surface area contributed by atoms with E-state index in [1.165, 1.54) is 11.8 Å². The number of hydrogen-bond acceptors (Lipinski definition) is 10. The molecule has 0 saturated heterocycles. The number of thioether (sulfide) groups is 1. The first-order valence-electron chi connectivity index (χ1n) is 18.7. The van der Waals surface area contributed by atoms with Crippen molar-refractivity contribution in [1.29, 1.82) is 0 Å². The average molecular weight is 807 g/mol. The van der Waals surface area contributed by atoms with Gasteiger partial charge in [0.2, 0.25) is 0 Å². The van der Waals surface area contributed by atoms with Gasteiger partial charge in [-0.05, 0) is 86.8 Å². The van der Waals surface area contributed by atoms with Crippen LogP contribution in [0.3, 0.4) is 0 Å². The molecule has 0 aliphatic carbocycles. The van der Waals surface area contributed by atoms with Crippen molar-refractivity contribution in [3.63, 3.8) is 0 Å². The van der Waals surface area contributed by atoms with Gasteiger partial charge in [0.15, 0.2) is 19.0 Å². The Morgan fingerprint density at radius 3 is 1.93 bits per heavy atom. The lowest BCUT2D eigenvalue weighted by atomic mass is 9.66. The summed E-state index contributed by atoms with van der Waals surface area (Å²) in [6, 6.07) is 13.6. The number of halogens is 5. The summed E-state index contributed by atoms with van der Waals surface area (Å²) >= 11 is 1.26. The number of hydrogen-bond donors (Lipinski definition) is 0. The highest BCUT2D eigenvalue weighted by Gasteiger charge is 2.56. The first-order valence-corrected chi connectivity index (χ1v) is 19.8. The highest BCUT2D eigenvalue weighted by atomic mass is 32.2. The Kier molecular flexibility index (Phi) is 18.3. The second kappa shape index (κ2) is 21.9. The maximum Gasteiger partial charge on any atom is 0.453 e. The molecule has 310 valence electrons. The van der Waals surface area contributed by atoms with Crippen molar-refractivity contribution >= 4 is 23.7 Å². The minimum absolute atomic E-state index is 0.0221. The van der Waals surface area contributed by atoms with E-state index in [0.29, 0.717) is 61.7 Å². The Morgan fingerprint density at radius 1 is 0.782 bits per heavy atom. The Hall–Kier alpha value is -3.30. The van der Waals surface area contributed by atoms with Crippen molar-refractivity contribution in [3.05, 3.63) is 53.6 Å². The monoisotopic (exact) mass is 806 g/mol. The van der Waals surface area contributed by atoms with E-state index in [4.69, 9.17) is 33.2 Å². The maximum absolute atomic E-state index is 13.6. The van der Waals surface area contributed by atoms with E-state index >= 15 is 0 Å². The Labute approximate surface area is 325 Å². The van der Waals surface area contributed by atoms with Crippen LogP contribution in [0.25, 0.3) is 0 Å². The molecule has 0 fully saturated rings. The summed E-state index contributed by atoms with van der Waals surface area (Å²) in [5, 5.41) is 0. The van der Waals surface area contributed by atoms with Gasteiger partial charge in [0.1, 0.15) is 17.2 Å². The molecule has 0 radical (unpaired) electrons. The number of ether oxygens (including phenoxy) is 7. The molecule has 0 amide bonds. The van der Waals surface area contributed by atoms with Crippen molar-refractivity contribution < 1.29 is 64.7 Å². The number of rotatable bonds is 25. The van der Waals surface area contributed by atoms with Crippen molar-refractivity contribution in [1.82, 2.24) is 0 Å². The quantitative estimate of drug-likeness (QED) is 0.0317. The van der Waals surface area contributed by atoms with Gasteiger partial charge in [0.05, 0.1) is 19.8 Å². The smallest absolute Gasteiger partial charge is 0.453 e. The molecule has 2 unspecified atom stereocenters. The van der Waals surface area contributed by atoms with Crippen molar-refractivity contribution in [2.24, 2.45) is 5.41 Å². The maximum atomic E-state index is 13.6. The van der Waals surface area contributed by atoms with E-state index in [2.05, 4.69) is 6.92 Å². The molecule has 1 aliphatic rings. The van der Waals surface area contributed by atoms with Gasteiger partial charge in [0, 0.05) is 38.0 Å². The predicted molar refractivity (Wildman–Crippen MR) is 199 cm³/mol. The van der Waals surface area contributed by atoms with Crippen LogP contribution in [0.2, 0.25) is 0 Å². The number of alkyl halides is 5. The number of methoxy groups -OCH3 is 2. The van der Waals surface area contributed by atoms with Gasteiger partial charge >= 0.3 is 24.0 Å². The fourth-order valence-electron chi connectivity index (χ4n) is 6.83. The predicted octanol–water partition coefficient (Wildman–Crippen LogP) is 9.64. The molecule has 55 heavy (non-hydrogen) atoms. The summed E-state index contributed by atoms with van der Waals surface area (Å²) in [6.45, 7) is 6.22. The molecule has 3 rings (SSSR count). The summed E-state index contributed by atoms with van der Waals surface area (Å²) in [5.74, 6) is -3.47. The molecule has 1 aliphatic heterocycles. The Balaban J connectivity index is 1.76. The van der Waals surface area contributed by atoms with Crippen molar-refractivity contribution in [2.45, 2.75) is 102 Å². The van der Waals surface area contributed by atoms with Crippen LogP contribution >= 0.6 is 11.8 Å². The molecular weight excluding hydrogens is 751 g/mol. The molecule has 0 saturated carbocycles. The summed E-state index contributed by atoms with van der Waals surface area (Å²) < 4.78 is 102. The third kappa shape index (κ3) is 12.6. The van der Waals surface area contributed by atoms with Crippen LogP contribution in [-0.4, -0.2) is 83.2 Å². The number of carbonyl (C=O) groups excluding carboxylic acids is 2. The van der Waals surface area contributed by atoms with Gasteiger partial charge < -0.3 is 33.2 Å². The zero-order chi connectivity index (χ0) is 40.5. The van der Waals surface area contributed by atoms with E-state index in [-0.39, 0.29) is 57.7 Å². The SMILES string of the molecule is CCOC(=O)C(CCCCSCCCC(F)(F)C(F)(F)F)(CCCCC1c2ccc(OCOC)cc2OCC1(C)c1ccc(OCOC)cc1)C(=O)OCC. The molecule has 1 heterocycles. The average Bonchev–Trinajstić information content (AvgIpc) is 3.15. The Morgan fingerprint density at radius 2 is 1.35 bits per heavy atom. The summed E-state index contributed by atoms with van der Waals surface area (Å²) in [6.07, 6.45) is -4.00. The first-order chi connectivity index (χ1) is 26.2. The number of benzene rings is 2. The van der Waals surface area contributed by atoms with Crippen molar-refractivity contribution in [2.75, 3.05) is 59.1 Å². The van der Waals surface area contributed by atoms with Gasteiger partial charge in [-0.15, -0.1) is 0 Å². The summed E-state index contributed by atoms with van der Waals surface area (Å²) in [4.78, 5) is 27.1. The molecule has 0 aromatic heterocycles. The fourth-order valence-corrected chi connectivity index (χ4v) is 7.80. The van der Waals surface area contributed by atoms with Gasteiger partial charge in [-0.2, -0.15) is 33.7 Å². The van der Waals surface area contributed by atoms with Gasteiger partial charge in [0.25, 0.3) is 0 Å². The van der Waals surface area contributed by atoms with E-state index in [1.54, 1.807) is 28.1 Å². The van der Waals surface area contributed by atoms with Crippen LogP contribution in [0, 0.1) is 5.41 Å². The lowest BCUT2D eigenvalue weighted by Crippen LogP contribution is -2.42. The largest absolute Gasteiger partial charge is 0.492 e. The highest BCUT2D eigenvalue weighted by molar-refractivity contribution is 7.99. The minimum Gasteiger partial charge on any atom is -0.492 e. The molecule has 15 heteroatoms. The van der Waals surface area contributed by atoms with Gasteiger partial charge in [-0.3, -0.25) is 9.59 Å².